The quantitative estimate of drug-likeness (QED) is 0.212. The zero-order valence-electron chi connectivity index (χ0n) is 20.3. The number of pyridine rings is 1. The summed E-state index contributed by atoms with van der Waals surface area (Å²) in [6.07, 6.45) is 3.20. The van der Waals surface area contributed by atoms with Crippen molar-refractivity contribution in [3.8, 4) is 0 Å². The molecule has 5 nitrogen and oxygen atoms in total. The van der Waals surface area contributed by atoms with Gasteiger partial charge in [-0.15, -0.1) is 0 Å². The molecule has 4 rings (SSSR count). The minimum absolute atomic E-state index is 0.00331. The molecule has 1 amide bonds. The van der Waals surface area contributed by atoms with Gasteiger partial charge in [0.2, 0.25) is 6.41 Å². The highest BCUT2D eigenvalue weighted by Crippen LogP contribution is 2.45. The first-order valence-corrected chi connectivity index (χ1v) is 13.1. The van der Waals surface area contributed by atoms with E-state index in [4.69, 9.17) is 27.9 Å². The molecule has 3 aromatic rings. The van der Waals surface area contributed by atoms with Gasteiger partial charge in [0, 0.05) is 26.8 Å². The molecule has 1 aliphatic rings. The number of hydrogen-bond acceptors (Lipinski definition) is 4. The molecule has 9 heteroatoms. The second kappa shape index (κ2) is 12.0. The van der Waals surface area contributed by atoms with Crippen molar-refractivity contribution in [2.75, 3.05) is 6.61 Å². The largest absolute Gasteiger partial charge is 0.387 e. The molecule has 1 aliphatic carbocycles. The van der Waals surface area contributed by atoms with Crippen LogP contribution in [0.15, 0.2) is 59.2 Å². The molecular weight excluding hydrogens is 570 g/mol. The lowest BCUT2D eigenvalue weighted by Crippen LogP contribution is -2.50. The van der Waals surface area contributed by atoms with E-state index in [1.54, 1.807) is 49.4 Å². The molecule has 1 atom stereocenters. The average molecular weight is 598 g/mol. The highest BCUT2D eigenvalue weighted by molar-refractivity contribution is 9.10. The van der Waals surface area contributed by atoms with Gasteiger partial charge in [0.25, 0.3) is 0 Å². The number of rotatable bonds is 9. The first-order valence-electron chi connectivity index (χ1n) is 11.6. The van der Waals surface area contributed by atoms with Crippen molar-refractivity contribution in [2.24, 2.45) is 0 Å². The summed E-state index contributed by atoms with van der Waals surface area (Å²) < 4.78 is 22.7. The molecule has 1 aromatic heterocycles. The van der Waals surface area contributed by atoms with E-state index >= 15 is 4.39 Å². The molecule has 0 spiro atoms. The van der Waals surface area contributed by atoms with Crippen LogP contribution in [0.3, 0.4) is 0 Å². The van der Waals surface area contributed by atoms with E-state index in [0.717, 1.165) is 0 Å². The van der Waals surface area contributed by atoms with Gasteiger partial charge >= 0.3 is 0 Å². The summed E-state index contributed by atoms with van der Waals surface area (Å²) in [5, 5.41) is 11.5. The lowest BCUT2D eigenvalue weighted by molar-refractivity contribution is -0.170. The van der Waals surface area contributed by atoms with Crippen molar-refractivity contribution < 1.29 is 19.0 Å². The topological polar surface area (TPSA) is 62.7 Å². The van der Waals surface area contributed by atoms with Crippen molar-refractivity contribution in [1.82, 2.24) is 9.88 Å². The van der Waals surface area contributed by atoms with E-state index < -0.39 is 17.1 Å². The molecule has 1 unspecified atom stereocenters. The van der Waals surface area contributed by atoms with Crippen molar-refractivity contribution >= 4 is 45.5 Å². The molecule has 0 radical (unpaired) electrons. The van der Waals surface area contributed by atoms with Crippen molar-refractivity contribution in [2.45, 2.75) is 51.5 Å². The molecule has 1 heterocycles. The van der Waals surface area contributed by atoms with Gasteiger partial charge in [0.05, 0.1) is 29.5 Å². The van der Waals surface area contributed by atoms with E-state index in [2.05, 4.69) is 20.9 Å². The summed E-state index contributed by atoms with van der Waals surface area (Å²) in [7, 11) is 0. The number of aromatic nitrogens is 1. The number of halogens is 4. The summed E-state index contributed by atoms with van der Waals surface area (Å²) in [6.45, 7) is 5.65. The number of aryl methyl sites for hydroxylation is 1. The predicted molar refractivity (Wildman–Crippen MR) is 143 cm³/mol. The second-order valence-corrected chi connectivity index (χ2v) is 10.2. The zero-order chi connectivity index (χ0) is 26.5. The van der Waals surface area contributed by atoms with E-state index in [1.165, 1.54) is 17.2 Å². The Balaban J connectivity index is 0.00000176. The molecule has 1 fully saturated rings. The van der Waals surface area contributed by atoms with Crippen LogP contribution in [-0.2, 0) is 21.8 Å². The molecule has 2 aromatic carbocycles. The molecule has 36 heavy (non-hydrogen) atoms. The Labute approximate surface area is 229 Å². The zero-order valence-corrected chi connectivity index (χ0v) is 23.4. The maximum atomic E-state index is 15.7. The molecule has 1 N–H and O–H groups in total. The lowest BCUT2D eigenvalue weighted by atomic mass is 9.88. The van der Waals surface area contributed by atoms with Crippen LogP contribution < -0.4 is 0 Å². The van der Waals surface area contributed by atoms with Gasteiger partial charge in [0.1, 0.15) is 5.82 Å². The van der Waals surface area contributed by atoms with Crippen LogP contribution >= 0.6 is 39.1 Å². The maximum absolute atomic E-state index is 15.7. The highest BCUT2D eigenvalue weighted by atomic mass is 79.9. The standard InChI is InChI=1S/C25H22BrCl2FN2O3.C2H6/c1-16-10-18(26)11-22(29)23(16)25(34-14-24(33)8-9-24,17-2-4-19(27)5-3-17)31(15-32)13-21-7-6-20(28)12-30-21;1-2/h2-7,10-12,15,33H,8-9,13-14H2,1H3;1-2H3. The molecular formula is C27H28BrCl2FN2O3. The van der Waals surface area contributed by atoms with Gasteiger partial charge in [-0.05, 0) is 61.7 Å². The molecule has 1 saturated carbocycles. The summed E-state index contributed by atoms with van der Waals surface area (Å²) in [5.74, 6) is -0.569. The number of aliphatic hydroxyl groups is 1. The minimum Gasteiger partial charge on any atom is -0.387 e. The summed E-state index contributed by atoms with van der Waals surface area (Å²) in [6, 6.07) is 13.1. The Morgan fingerprint density at radius 1 is 1.17 bits per heavy atom. The van der Waals surface area contributed by atoms with Crippen molar-refractivity contribution in [3.63, 3.8) is 0 Å². The number of carbonyl (C=O) groups is 1. The Morgan fingerprint density at radius 3 is 2.33 bits per heavy atom. The number of nitrogens with zero attached hydrogens (tertiary/aromatic N) is 2. The number of carbonyl (C=O) groups excluding carboxylic acids is 1. The Hall–Kier alpha value is -2.03. The third-order valence-corrected chi connectivity index (χ3v) is 6.79. The lowest BCUT2D eigenvalue weighted by Gasteiger charge is -2.43. The molecule has 192 valence electrons. The van der Waals surface area contributed by atoms with Crippen molar-refractivity contribution in [3.05, 3.63) is 97.4 Å². The Bertz CT molecular complexity index is 1170. The summed E-state index contributed by atoms with van der Waals surface area (Å²) >= 11 is 15.5. The van der Waals surface area contributed by atoms with E-state index in [-0.39, 0.29) is 18.7 Å². The van der Waals surface area contributed by atoms with Gasteiger partial charge in [-0.1, -0.05) is 65.1 Å². The number of ether oxygens (including phenoxy) is 1. The summed E-state index contributed by atoms with van der Waals surface area (Å²) in [4.78, 5) is 18.3. The first-order chi connectivity index (χ1) is 17.2. The van der Waals surface area contributed by atoms with Gasteiger partial charge < -0.3 is 14.7 Å². The van der Waals surface area contributed by atoms with Crippen LogP contribution in [0.2, 0.25) is 10.0 Å². The third kappa shape index (κ3) is 6.26. The van der Waals surface area contributed by atoms with Crippen LogP contribution in [0.25, 0.3) is 0 Å². The monoisotopic (exact) mass is 596 g/mol. The highest BCUT2D eigenvalue weighted by Gasteiger charge is 2.49. The van der Waals surface area contributed by atoms with Crippen LogP contribution in [0, 0.1) is 12.7 Å². The van der Waals surface area contributed by atoms with E-state index in [1.807, 2.05) is 13.8 Å². The molecule has 0 aliphatic heterocycles. The van der Waals surface area contributed by atoms with Crippen LogP contribution in [0.5, 0.6) is 0 Å². The molecule has 0 saturated heterocycles. The average Bonchev–Trinajstić information content (AvgIpc) is 3.59. The number of amides is 1. The van der Waals surface area contributed by atoms with Gasteiger partial charge in [0.15, 0.2) is 5.72 Å². The van der Waals surface area contributed by atoms with Crippen LogP contribution in [0.4, 0.5) is 4.39 Å². The maximum Gasteiger partial charge on any atom is 0.212 e. The smallest absolute Gasteiger partial charge is 0.212 e. The van der Waals surface area contributed by atoms with E-state index in [0.29, 0.717) is 50.6 Å². The van der Waals surface area contributed by atoms with Crippen LogP contribution in [0.1, 0.15) is 49.1 Å². The Kier molecular flexibility index (Phi) is 9.52. The van der Waals surface area contributed by atoms with Crippen LogP contribution in [-0.4, -0.2) is 33.6 Å². The van der Waals surface area contributed by atoms with Gasteiger partial charge in [-0.2, -0.15) is 0 Å². The first kappa shape index (κ1) is 28.5. The normalized spacial score (nSPS) is 15.3. The minimum atomic E-state index is -1.71. The fourth-order valence-corrected chi connectivity index (χ4v) is 4.71. The molecule has 0 bridgehead atoms. The fraction of sp³-hybridized carbons (Fsp3) is 0.333. The fourth-order valence-electron chi connectivity index (χ4n) is 3.92. The number of hydrogen-bond donors (Lipinski definition) is 1. The van der Waals surface area contributed by atoms with Crippen molar-refractivity contribution in [1.29, 1.82) is 0 Å². The summed E-state index contributed by atoms with van der Waals surface area (Å²) in [5.41, 5.74) is -1.01. The second-order valence-electron chi connectivity index (χ2n) is 8.44. The van der Waals surface area contributed by atoms with Gasteiger partial charge in [-0.3, -0.25) is 9.78 Å². The number of benzene rings is 2. The van der Waals surface area contributed by atoms with Gasteiger partial charge in [-0.25, -0.2) is 4.39 Å². The SMILES string of the molecule is CC.Cc1cc(Br)cc(F)c1C(OCC1(O)CC1)(c1ccc(Cl)cc1)N(C=O)Cc1ccc(Cl)cn1. The van der Waals surface area contributed by atoms with E-state index in [9.17, 15) is 9.90 Å². The Morgan fingerprint density at radius 2 is 1.81 bits per heavy atom. The third-order valence-electron chi connectivity index (χ3n) is 5.86. The predicted octanol–water partition coefficient (Wildman–Crippen LogP) is 7.03.